The lowest BCUT2D eigenvalue weighted by Gasteiger charge is -2.34. The Kier molecular flexibility index (Phi) is 3.22. The summed E-state index contributed by atoms with van der Waals surface area (Å²) in [6.07, 6.45) is 2.31. The Balaban J connectivity index is 1.81. The van der Waals surface area contributed by atoms with Crippen LogP contribution >= 0.6 is 11.3 Å². The van der Waals surface area contributed by atoms with Crippen LogP contribution in [0.5, 0.6) is 0 Å². The van der Waals surface area contributed by atoms with Gasteiger partial charge in [-0.25, -0.2) is 0 Å². The first-order valence-electron chi connectivity index (χ1n) is 6.50. The molecule has 1 atom stereocenters. The van der Waals surface area contributed by atoms with Crippen LogP contribution < -0.4 is 0 Å². The molecule has 0 N–H and O–H groups in total. The Morgan fingerprint density at radius 2 is 2.44 bits per heavy atom. The molecule has 1 aliphatic heterocycles. The summed E-state index contributed by atoms with van der Waals surface area (Å²) in [4.78, 5) is 4.07. The van der Waals surface area contributed by atoms with E-state index in [4.69, 9.17) is 4.52 Å². The fourth-order valence-corrected chi connectivity index (χ4v) is 3.73. The van der Waals surface area contributed by atoms with E-state index in [1.165, 1.54) is 5.56 Å². The largest absolute Gasteiger partial charge is 0.360 e. The topological polar surface area (TPSA) is 29.3 Å². The maximum absolute atomic E-state index is 5.34. The van der Waals surface area contributed by atoms with Gasteiger partial charge in [-0.1, -0.05) is 12.1 Å². The van der Waals surface area contributed by atoms with E-state index in [1.54, 1.807) is 4.88 Å². The molecule has 0 aliphatic carbocycles. The fraction of sp³-hybridized carbons (Fsp3) is 0.500. The van der Waals surface area contributed by atoms with Crippen molar-refractivity contribution in [1.82, 2.24) is 10.1 Å². The minimum Gasteiger partial charge on any atom is -0.360 e. The molecule has 96 valence electrons. The molecule has 2 aromatic rings. The van der Waals surface area contributed by atoms with Gasteiger partial charge in [0.05, 0.1) is 12.2 Å². The summed E-state index contributed by atoms with van der Waals surface area (Å²) in [6, 6.07) is 4.85. The predicted octanol–water partition coefficient (Wildman–Crippen LogP) is 3.55. The minimum atomic E-state index is 0.533. The monoisotopic (exact) mass is 262 g/mol. The average Bonchev–Trinajstić information content (AvgIpc) is 2.98. The van der Waals surface area contributed by atoms with Crippen LogP contribution in [0.15, 0.2) is 22.0 Å². The van der Waals surface area contributed by atoms with Crippen LogP contribution in [0, 0.1) is 6.92 Å². The van der Waals surface area contributed by atoms with Gasteiger partial charge in [0.1, 0.15) is 0 Å². The molecule has 0 saturated heterocycles. The van der Waals surface area contributed by atoms with Gasteiger partial charge in [-0.15, -0.1) is 11.3 Å². The quantitative estimate of drug-likeness (QED) is 0.847. The molecule has 0 unspecified atom stereocenters. The normalized spacial score (nSPS) is 20.0. The average molecular weight is 262 g/mol. The fourth-order valence-electron chi connectivity index (χ4n) is 2.81. The molecular formula is C14H18N2OS. The van der Waals surface area contributed by atoms with E-state index >= 15 is 0 Å². The third kappa shape index (κ3) is 2.10. The molecule has 18 heavy (non-hydrogen) atoms. The van der Waals surface area contributed by atoms with E-state index in [1.807, 2.05) is 24.3 Å². The zero-order chi connectivity index (χ0) is 12.5. The van der Waals surface area contributed by atoms with Gasteiger partial charge >= 0.3 is 0 Å². The summed E-state index contributed by atoms with van der Waals surface area (Å²) in [5.74, 6) is 0.977. The smallest absolute Gasteiger partial charge is 0.150 e. The highest BCUT2D eigenvalue weighted by atomic mass is 32.1. The molecule has 0 radical (unpaired) electrons. The van der Waals surface area contributed by atoms with Crippen LogP contribution in [0.4, 0.5) is 0 Å². The molecule has 4 heteroatoms. The summed E-state index contributed by atoms with van der Waals surface area (Å²) in [7, 11) is 0. The number of aryl methyl sites for hydroxylation is 1. The van der Waals surface area contributed by atoms with Gasteiger partial charge in [-0.05, 0) is 36.8 Å². The van der Waals surface area contributed by atoms with Crippen molar-refractivity contribution in [3.8, 4) is 0 Å². The summed E-state index contributed by atoms with van der Waals surface area (Å²) in [5.41, 5.74) is 2.48. The second-order valence-electron chi connectivity index (χ2n) is 4.88. The maximum atomic E-state index is 5.34. The summed E-state index contributed by atoms with van der Waals surface area (Å²) in [5, 5.41) is 6.19. The number of hydrogen-bond donors (Lipinski definition) is 0. The van der Waals surface area contributed by atoms with E-state index in [0.29, 0.717) is 6.04 Å². The molecule has 0 amide bonds. The molecule has 2 aromatic heterocycles. The van der Waals surface area contributed by atoms with Crippen molar-refractivity contribution in [1.29, 1.82) is 0 Å². The molecule has 0 bridgehead atoms. The third-order valence-corrected chi connectivity index (χ3v) is 4.62. The van der Waals surface area contributed by atoms with Crippen LogP contribution in [-0.4, -0.2) is 16.6 Å². The highest BCUT2D eigenvalue weighted by Gasteiger charge is 2.27. The van der Waals surface area contributed by atoms with Crippen molar-refractivity contribution in [2.24, 2.45) is 0 Å². The molecule has 3 rings (SSSR count). The number of nitrogens with zero attached hydrogens (tertiary/aromatic N) is 2. The molecule has 3 heterocycles. The summed E-state index contributed by atoms with van der Waals surface area (Å²) >= 11 is 1.89. The van der Waals surface area contributed by atoms with Gasteiger partial charge in [0.25, 0.3) is 0 Å². The minimum absolute atomic E-state index is 0.533. The Morgan fingerprint density at radius 1 is 1.56 bits per heavy atom. The molecule has 0 spiro atoms. The Bertz CT molecular complexity index is 531. The first kappa shape index (κ1) is 11.9. The van der Waals surface area contributed by atoms with Crippen molar-refractivity contribution in [2.75, 3.05) is 6.54 Å². The molecular weight excluding hydrogens is 244 g/mol. The van der Waals surface area contributed by atoms with Gasteiger partial charge in [0.2, 0.25) is 0 Å². The van der Waals surface area contributed by atoms with E-state index in [9.17, 15) is 0 Å². The molecule has 0 fully saturated rings. The van der Waals surface area contributed by atoms with Crippen molar-refractivity contribution in [3.05, 3.63) is 39.4 Å². The first-order chi connectivity index (χ1) is 8.78. The van der Waals surface area contributed by atoms with Crippen molar-refractivity contribution < 1.29 is 4.52 Å². The standard InChI is InChI=1S/C14H18N2OS/c1-3-13-12-5-7-18-14(12)4-6-16(13)9-11-8-10(2)15-17-11/h5,7-8,13H,3-4,6,9H2,1-2H3/t13-/m0/s1. The SMILES string of the molecule is CC[C@H]1c2ccsc2CCN1Cc1cc(C)no1. The van der Waals surface area contributed by atoms with E-state index in [-0.39, 0.29) is 0 Å². The summed E-state index contributed by atoms with van der Waals surface area (Å²) in [6.45, 7) is 6.22. The van der Waals surface area contributed by atoms with Crippen molar-refractivity contribution >= 4 is 11.3 Å². The zero-order valence-electron chi connectivity index (χ0n) is 10.8. The number of rotatable bonds is 3. The number of fused-ring (bicyclic) bond motifs is 1. The lowest BCUT2D eigenvalue weighted by atomic mass is 9.98. The third-order valence-electron chi connectivity index (χ3n) is 3.63. The van der Waals surface area contributed by atoms with Crippen LogP contribution in [0.1, 0.15) is 41.3 Å². The molecule has 0 saturated carbocycles. The van der Waals surface area contributed by atoms with Crippen LogP contribution in [0.25, 0.3) is 0 Å². The van der Waals surface area contributed by atoms with Crippen molar-refractivity contribution in [3.63, 3.8) is 0 Å². The van der Waals surface area contributed by atoms with Crippen LogP contribution in [0.2, 0.25) is 0 Å². The van der Waals surface area contributed by atoms with Crippen molar-refractivity contribution in [2.45, 2.75) is 39.3 Å². The van der Waals surface area contributed by atoms with Crippen LogP contribution in [-0.2, 0) is 13.0 Å². The van der Waals surface area contributed by atoms with Gasteiger partial charge in [-0.2, -0.15) is 0 Å². The Morgan fingerprint density at radius 3 is 3.17 bits per heavy atom. The number of hydrogen-bond acceptors (Lipinski definition) is 4. The number of aromatic nitrogens is 1. The molecule has 1 aliphatic rings. The van der Waals surface area contributed by atoms with Gasteiger partial charge in [0, 0.05) is 23.5 Å². The van der Waals surface area contributed by atoms with Gasteiger partial charge in [0.15, 0.2) is 5.76 Å². The Labute approximate surface area is 111 Å². The van der Waals surface area contributed by atoms with E-state index in [0.717, 1.165) is 37.4 Å². The van der Waals surface area contributed by atoms with E-state index in [2.05, 4.69) is 28.4 Å². The lowest BCUT2D eigenvalue weighted by Crippen LogP contribution is -2.33. The van der Waals surface area contributed by atoms with Gasteiger partial charge < -0.3 is 4.52 Å². The highest BCUT2D eigenvalue weighted by Crippen LogP contribution is 2.35. The van der Waals surface area contributed by atoms with E-state index < -0.39 is 0 Å². The summed E-state index contributed by atoms with van der Waals surface area (Å²) < 4.78 is 5.34. The molecule has 3 nitrogen and oxygen atoms in total. The second kappa shape index (κ2) is 4.86. The maximum Gasteiger partial charge on any atom is 0.150 e. The second-order valence-corrected chi connectivity index (χ2v) is 5.88. The first-order valence-corrected chi connectivity index (χ1v) is 7.38. The predicted molar refractivity (Wildman–Crippen MR) is 72.7 cm³/mol. The highest BCUT2D eigenvalue weighted by molar-refractivity contribution is 7.10. The van der Waals surface area contributed by atoms with Crippen LogP contribution in [0.3, 0.4) is 0 Å². The molecule has 0 aromatic carbocycles. The zero-order valence-corrected chi connectivity index (χ0v) is 11.7. The van der Waals surface area contributed by atoms with Gasteiger partial charge in [-0.3, -0.25) is 4.90 Å². The Hall–Kier alpha value is -1.13. The lowest BCUT2D eigenvalue weighted by molar-refractivity contribution is 0.154. The number of thiophene rings is 1.